The number of primary amides is 2. The summed E-state index contributed by atoms with van der Waals surface area (Å²) in [6.45, 7) is 6.88. The van der Waals surface area contributed by atoms with Crippen LogP contribution in [-0.4, -0.2) is 323 Å². The number of carboxylic acids is 1. The maximum absolute atomic E-state index is 15.9. The third kappa shape index (κ3) is 29.0. The van der Waals surface area contributed by atoms with Crippen molar-refractivity contribution in [3.05, 3.63) is 119 Å². The van der Waals surface area contributed by atoms with Crippen molar-refractivity contribution in [3.8, 4) is 5.75 Å². The number of amides is 17. The minimum atomic E-state index is -1.84. The van der Waals surface area contributed by atoms with Crippen molar-refractivity contribution in [1.29, 1.82) is 0 Å². The van der Waals surface area contributed by atoms with Crippen molar-refractivity contribution in [3.63, 3.8) is 0 Å². The van der Waals surface area contributed by atoms with Gasteiger partial charge in [-0.05, 0) is 116 Å². The van der Waals surface area contributed by atoms with Gasteiger partial charge in [-0.25, -0.2) is 4.98 Å². The third-order valence-corrected chi connectivity index (χ3v) is 26.6. The fourth-order valence-electron chi connectivity index (χ4n) is 16.9. The Morgan fingerprint density at radius 3 is 1.76 bits per heavy atom. The van der Waals surface area contributed by atoms with Crippen LogP contribution in [0.1, 0.15) is 147 Å². The number of aliphatic carboxylic acids is 1. The Morgan fingerprint density at radius 1 is 0.566 bits per heavy atom. The molecule has 136 heavy (non-hydrogen) atoms. The first-order valence-corrected chi connectivity index (χ1v) is 47.6. The maximum atomic E-state index is 15.9. The lowest BCUT2D eigenvalue weighted by Gasteiger charge is -2.38. The van der Waals surface area contributed by atoms with Gasteiger partial charge in [0.05, 0.1) is 36.8 Å². The van der Waals surface area contributed by atoms with E-state index >= 15 is 43.2 Å². The smallest absolute Gasteiger partial charge is 0.303 e. The predicted octanol–water partition coefficient (Wildman–Crippen LogP) is -0.895. The number of thioether (sulfide) groups is 1. The van der Waals surface area contributed by atoms with E-state index in [1.807, 2.05) is 37.4 Å². The Balaban J connectivity index is 1.11. The van der Waals surface area contributed by atoms with E-state index in [2.05, 4.69) is 62.8 Å². The van der Waals surface area contributed by atoms with Crippen LogP contribution in [0.25, 0.3) is 21.0 Å². The number of para-hydroxylation sites is 1. The highest BCUT2D eigenvalue weighted by Crippen LogP contribution is 2.31. The normalized spacial score (nSPS) is 24.8. The van der Waals surface area contributed by atoms with Gasteiger partial charge in [0, 0.05) is 114 Å². The van der Waals surface area contributed by atoms with Gasteiger partial charge in [0.15, 0.2) is 0 Å². The quantitative estimate of drug-likeness (QED) is 0.0313. The molecule has 0 aliphatic carbocycles. The Morgan fingerprint density at radius 2 is 1.13 bits per heavy atom. The number of fused-ring (bicyclic) bond motifs is 4. The van der Waals surface area contributed by atoms with Crippen LogP contribution in [0.4, 0.5) is 0 Å². The number of carbonyl (C=O) groups excluding carboxylic acids is 17. The summed E-state index contributed by atoms with van der Waals surface area (Å²) in [5, 5.41) is 58.8. The number of aliphatic hydroxyl groups excluding tert-OH is 1. The van der Waals surface area contributed by atoms with Crippen molar-refractivity contribution in [2.45, 2.75) is 241 Å². The minimum absolute atomic E-state index is 0.0266. The van der Waals surface area contributed by atoms with Gasteiger partial charge >= 0.3 is 5.97 Å². The number of carbonyl (C=O) groups is 18. The van der Waals surface area contributed by atoms with Gasteiger partial charge in [-0.1, -0.05) is 102 Å². The summed E-state index contributed by atoms with van der Waals surface area (Å²) in [4.78, 5) is 281. The number of nitrogens with one attached hydrogen (secondary N) is 11. The zero-order valence-corrected chi connectivity index (χ0v) is 79.4. The zero-order valence-electron chi connectivity index (χ0n) is 77.8. The highest BCUT2D eigenvalue weighted by atomic mass is 32.2. The van der Waals surface area contributed by atoms with Crippen molar-refractivity contribution >= 4 is 150 Å². The van der Waals surface area contributed by atoms with E-state index in [9.17, 15) is 58.5 Å². The lowest BCUT2D eigenvalue weighted by atomic mass is 9.98. The second kappa shape index (κ2) is 50.5. The van der Waals surface area contributed by atoms with Gasteiger partial charge in [-0.3, -0.25) is 86.3 Å². The van der Waals surface area contributed by atoms with Crippen LogP contribution in [0.5, 0.6) is 5.75 Å². The number of hydrogen-bond acceptors (Lipinski definition) is 24. The molecule has 17 amide bonds. The first-order chi connectivity index (χ1) is 64.7. The molecule has 0 spiro atoms. The fraction of sp³-hybridized carbons (Fsp3) is 0.533. The van der Waals surface area contributed by atoms with Crippen molar-refractivity contribution in [2.24, 2.45) is 23.1 Å². The number of nitrogens with two attached hydrogens (primary N) is 3. The zero-order chi connectivity index (χ0) is 99.5. The molecule has 3 aliphatic heterocycles. The minimum Gasteiger partial charge on any atom is -0.508 e. The van der Waals surface area contributed by atoms with Gasteiger partial charge in [-0.2, -0.15) is 0 Å². The topological polar surface area (TPSA) is 618 Å². The molecule has 9 rings (SSSR count). The molecule has 3 aliphatic rings. The van der Waals surface area contributed by atoms with Crippen molar-refractivity contribution in [1.82, 2.24) is 92.2 Å². The Kier molecular flexibility index (Phi) is 39.5. The fourth-order valence-corrected chi connectivity index (χ4v) is 18.8. The molecule has 0 bridgehead atoms. The van der Waals surface area contributed by atoms with Crippen molar-refractivity contribution < 1.29 is 102 Å². The second-order valence-corrected chi connectivity index (χ2v) is 37.0. The van der Waals surface area contributed by atoms with Gasteiger partial charge in [-0.15, -0.1) is 23.1 Å². The molecule has 20 N–H and O–H groups in total. The molecule has 3 aromatic carbocycles. The molecule has 3 aromatic heterocycles. The number of phenolic OH excluding ortho intramolecular Hbond substituents is 1. The van der Waals surface area contributed by atoms with Crippen LogP contribution >= 0.6 is 23.1 Å². The lowest BCUT2D eigenvalue weighted by Crippen LogP contribution is -2.61. The number of imidazole rings is 1. The predicted molar refractivity (Wildman–Crippen MR) is 502 cm³/mol. The number of nitrogens with zero attached hydrogens (tertiary/aromatic N) is 7. The number of hydrogen-bond donors (Lipinski definition) is 17. The van der Waals surface area contributed by atoms with Crippen LogP contribution in [0.15, 0.2) is 96.9 Å². The number of aromatic nitrogens is 3. The number of unbranched alkanes of at least 4 members (excludes halogenated alkanes) is 2. The van der Waals surface area contributed by atoms with E-state index in [-0.39, 0.29) is 88.2 Å². The number of thiophene rings is 1. The number of aliphatic hydroxyl groups is 1. The molecule has 738 valence electrons. The highest BCUT2D eigenvalue weighted by molar-refractivity contribution is 8.00. The number of rotatable bonds is 26. The average Bonchev–Trinajstić information content (AvgIpc) is 1.51. The van der Waals surface area contributed by atoms with Crippen LogP contribution in [0.2, 0.25) is 0 Å². The van der Waals surface area contributed by atoms with Gasteiger partial charge in [0.1, 0.15) is 90.3 Å². The van der Waals surface area contributed by atoms with E-state index < -0.39 is 254 Å². The average molecular weight is 1930 g/mol. The van der Waals surface area contributed by atoms with Crippen LogP contribution in [0, 0.1) is 5.92 Å². The van der Waals surface area contributed by atoms with E-state index in [1.54, 1.807) is 50.4 Å². The molecule has 0 radical (unpaired) electrons. The van der Waals surface area contributed by atoms with Crippen LogP contribution in [-0.2, 0) is 112 Å². The molecule has 0 saturated carbocycles. The number of aromatic amines is 2. The number of aromatic hydroxyl groups is 1. The largest absolute Gasteiger partial charge is 0.508 e. The van der Waals surface area contributed by atoms with Crippen LogP contribution in [0.3, 0.4) is 0 Å². The lowest BCUT2D eigenvalue weighted by molar-refractivity contribution is -0.153. The van der Waals surface area contributed by atoms with E-state index in [0.29, 0.717) is 53.3 Å². The molecule has 3 fully saturated rings. The van der Waals surface area contributed by atoms with Gasteiger partial charge in [0.25, 0.3) is 0 Å². The molecule has 15 atom stereocenters. The Bertz CT molecular complexity index is 5270. The monoisotopic (exact) mass is 1930 g/mol. The number of H-pyrrole nitrogens is 2. The molecule has 44 heteroatoms. The number of carboxylic acid groups (broad SMARTS) is 1. The van der Waals surface area contributed by atoms with Crippen molar-refractivity contribution in [2.75, 3.05) is 65.9 Å². The summed E-state index contributed by atoms with van der Waals surface area (Å²) >= 11 is 2.17. The van der Waals surface area contributed by atoms with E-state index in [0.717, 1.165) is 36.5 Å². The third-order valence-electron chi connectivity index (χ3n) is 24.6. The summed E-state index contributed by atoms with van der Waals surface area (Å²) in [5.74, 6) is -18.8. The maximum Gasteiger partial charge on any atom is 0.303 e. The molecule has 0 unspecified atom stereocenters. The number of benzene rings is 3. The SMILES string of the molecule is CCCC[C@H]1C(=O)N(C)[C@@H](CCCC)C(=O)N(C)[C@@H](CC(C)C)C(=O)N[C@H](C(=O)NCC(N)=O)CSCC(=O)N[C@@H](Cc2ccc(O)cc2)C(=O)N(C)[C@@H](C)C(=O)N[C@@H](CC(N)=O)C(=O)N2CCC[C@H]2C(=O)N[C@@H](Cc2c[nH]cn2)C(=O)N[C@@H](CCC(=O)O)C(=O)N2C[C@H](O)C[C@H]2C(=O)N[C@@H](Cc2c[nH]c3ccccc23)C(=O)N[C@@H](CCN)C(=O)N[C@@H](Cc2csc3ccccc23)C(=O)N1C. The first-order valence-electron chi connectivity index (χ1n) is 45.6. The molecule has 3 saturated heterocycles. The van der Waals surface area contributed by atoms with Gasteiger partial charge in [0.2, 0.25) is 100 Å². The second-order valence-electron chi connectivity index (χ2n) is 35.1. The Hall–Kier alpha value is -13.1. The molecule has 42 nitrogen and oxygen atoms in total. The Labute approximate surface area is 795 Å². The summed E-state index contributed by atoms with van der Waals surface area (Å²) in [7, 11) is 5.38. The molecule has 6 aromatic rings. The van der Waals surface area contributed by atoms with Gasteiger partial charge < -0.3 is 120 Å². The summed E-state index contributed by atoms with van der Waals surface area (Å²) < 4.78 is 0.832. The highest BCUT2D eigenvalue weighted by Gasteiger charge is 2.47. The standard InChI is InChI=1S/C92H127N21O21S2/c1-10-12-22-70-91(133)110(8)71(23-13-11-2)92(134)111(9)72(35-50(3)4)85(127)107-68(80(122)98-44-76(95)117)47-135-48-77(118)100-65(36-52-26-28-56(114)29-27-52)87(129)108(6)51(5)79(121)105-67(41-75(94)116)90(132)112-34-18-24-69(112)84(126)104-64(39-55-43-96-49-99-55)83(125)102-62(30-31-78(119)120)89(131)113-45-57(115)40-73(113)86(128)103-63(37-53-42-97-60-21-16-14-19-58(53)60)82(124)101-61(32-33-93)81(123)106-66(88(130)109(70)7)38-54-46-136-74-25-17-15-20-59(54)74/h14-17,19-21,25-29,42-43,46,49-51,57,61-73,97,114-115H,10-13,18,22-24,30-41,44-45,47-48,93H2,1-9H3,(H2,94,116)(H2,95,117)(H,96,99)(H,98,122)(H,100,118)(H,101,124)(H,102,125)(H,103,128)(H,104,126)(H,105,121)(H,106,123)(H,107,127)(H,119,120)/t51-,57+,61-,62-,63-,64-,65-,66-,67-,68-,69-,70-,71-,72-,73-/m0/s1. The van der Waals surface area contributed by atoms with Crippen LogP contribution < -0.4 is 65.1 Å². The number of phenols is 1. The molecular weight excluding hydrogens is 1800 g/mol. The molecule has 6 heterocycles. The summed E-state index contributed by atoms with van der Waals surface area (Å²) in [5.41, 5.74) is 19.7. The van der Waals surface area contributed by atoms with E-state index in [1.165, 1.54) is 97.9 Å². The summed E-state index contributed by atoms with van der Waals surface area (Å²) in [6.07, 6.45) is 0.498. The molecular formula is C92H127N21O21S2. The van der Waals surface area contributed by atoms with E-state index in [4.69, 9.17) is 17.2 Å². The first kappa shape index (κ1) is 107. The summed E-state index contributed by atoms with van der Waals surface area (Å²) in [6, 6.07) is -1.90. The number of likely N-dealkylation sites (N-methyl/N-ethyl adjacent to an activating group) is 4.